The fraction of sp³-hybridized carbons (Fsp3) is 0.917. The van der Waals surface area contributed by atoms with Gasteiger partial charge in [-0.3, -0.25) is 4.99 Å². The van der Waals surface area contributed by atoms with E-state index < -0.39 is 0 Å². The second-order valence-electron chi connectivity index (χ2n) is 5.10. The maximum atomic E-state index is 4.58. The van der Waals surface area contributed by atoms with Gasteiger partial charge in [0, 0.05) is 50.4 Å². The lowest BCUT2D eigenvalue weighted by atomic mass is 9.98. The first-order chi connectivity index (χ1) is 7.60. The third-order valence-corrected chi connectivity index (χ3v) is 2.75. The van der Waals surface area contributed by atoms with Crippen LogP contribution in [0.25, 0.3) is 0 Å². The van der Waals surface area contributed by atoms with Crippen LogP contribution >= 0.6 is 0 Å². The average Bonchev–Trinajstić information content (AvgIpc) is 2.20. The minimum absolute atomic E-state index is 0.150. The van der Waals surface area contributed by atoms with Gasteiger partial charge in [0.1, 0.15) is 0 Å². The van der Waals surface area contributed by atoms with Crippen molar-refractivity contribution < 1.29 is 0 Å². The van der Waals surface area contributed by atoms with E-state index in [4.69, 9.17) is 0 Å². The molecule has 0 atom stereocenters. The molecular formula is C12H26N4. The van der Waals surface area contributed by atoms with Gasteiger partial charge < -0.3 is 16.0 Å². The Hall–Kier alpha value is -0.450. The Balaban J connectivity index is 2.46. The Labute approximate surface area is 99.3 Å². The summed E-state index contributed by atoms with van der Waals surface area (Å²) in [5.74, 6) is 0. The van der Waals surface area contributed by atoms with Crippen molar-refractivity contribution in [2.75, 3.05) is 39.3 Å². The van der Waals surface area contributed by atoms with Crippen LogP contribution in [-0.4, -0.2) is 50.5 Å². The van der Waals surface area contributed by atoms with Crippen LogP contribution in [0, 0.1) is 0 Å². The van der Waals surface area contributed by atoms with Crippen molar-refractivity contribution in [3.63, 3.8) is 0 Å². The highest BCUT2D eigenvalue weighted by molar-refractivity contribution is 5.82. The SMILES string of the molecule is CC1=NCCNCCNCCNC(C)(C)C1. The highest BCUT2D eigenvalue weighted by Gasteiger charge is 2.17. The lowest BCUT2D eigenvalue weighted by Crippen LogP contribution is -2.44. The second-order valence-corrected chi connectivity index (χ2v) is 5.10. The largest absolute Gasteiger partial charge is 0.314 e. The summed E-state index contributed by atoms with van der Waals surface area (Å²) >= 11 is 0. The van der Waals surface area contributed by atoms with Gasteiger partial charge in [-0.15, -0.1) is 0 Å². The number of hydrogen-bond acceptors (Lipinski definition) is 4. The van der Waals surface area contributed by atoms with E-state index in [9.17, 15) is 0 Å². The molecule has 0 unspecified atom stereocenters. The van der Waals surface area contributed by atoms with Gasteiger partial charge in [0.15, 0.2) is 0 Å². The average molecular weight is 226 g/mol. The molecule has 0 saturated carbocycles. The summed E-state index contributed by atoms with van der Waals surface area (Å²) in [5.41, 5.74) is 1.39. The molecule has 0 aromatic rings. The van der Waals surface area contributed by atoms with Crippen LogP contribution in [0.4, 0.5) is 0 Å². The third kappa shape index (κ3) is 6.20. The molecule has 94 valence electrons. The topological polar surface area (TPSA) is 48.5 Å². The molecule has 0 aromatic carbocycles. The van der Waals surface area contributed by atoms with Crippen LogP contribution in [0.1, 0.15) is 27.2 Å². The van der Waals surface area contributed by atoms with Crippen molar-refractivity contribution in [1.82, 2.24) is 16.0 Å². The molecule has 0 amide bonds. The van der Waals surface area contributed by atoms with E-state index in [0.717, 1.165) is 45.7 Å². The van der Waals surface area contributed by atoms with Crippen molar-refractivity contribution >= 4 is 5.71 Å². The quantitative estimate of drug-likeness (QED) is 0.560. The molecule has 0 spiro atoms. The highest BCUT2D eigenvalue weighted by Crippen LogP contribution is 2.09. The van der Waals surface area contributed by atoms with E-state index >= 15 is 0 Å². The number of aliphatic imine (C=N–C) groups is 1. The van der Waals surface area contributed by atoms with Gasteiger partial charge in [-0.2, -0.15) is 0 Å². The molecule has 0 radical (unpaired) electrons. The van der Waals surface area contributed by atoms with Gasteiger partial charge in [-0.1, -0.05) is 0 Å². The number of nitrogens with zero attached hydrogens (tertiary/aromatic N) is 1. The summed E-state index contributed by atoms with van der Waals surface area (Å²) in [5, 5.41) is 10.3. The fourth-order valence-electron chi connectivity index (χ4n) is 2.00. The fourth-order valence-corrected chi connectivity index (χ4v) is 2.00. The summed E-state index contributed by atoms with van der Waals surface area (Å²) < 4.78 is 0. The zero-order chi connectivity index (χ0) is 11.9. The van der Waals surface area contributed by atoms with E-state index in [1.807, 2.05) is 0 Å². The smallest absolute Gasteiger partial charge is 0.0513 e. The van der Waals surface area contributed by atoms with E-state index in [1.54, 1.807) is 0 Å². The molecule has 1 aliphatic heterocycles. The Morgan fingerprint density at radius 2 is 1.62 bits per heavy atom. The Kier molecular flexibility index (Phi) is 5.95. The van der Waals surface area contributed by atoms with Crippen LogP contribution in [0.3, 0.4) is 0 Å². The first-order valence-corrected chi connectivity index (χ1v) is 6.26. The molecule has 0 bridgehead atoms. The van der Waals surface area contributed by atoms with Crippen molar-refractivity contribution in [2.45, 2.75) is 32.7 Å². The second kappa shape index (κ2) is 6.99. The minimum Gasteiger partial charge on any atom is -0.314 e. The van der Waals surface area contributed by atoms with E-state index in [2.05, 4.69) is 41.7 Å². The van der Waals surface area contributed by atoms with Gasteiger partial charge in [0.25, 0.3) is 0 Å². The minimum atomic E-state index is 0.150. The zero-order valence-electron chi connectivity index (χ0n) is 10.9. The molecule has 4 nitrogen and oxygen atoms in total. The normalized spacial score (nSPS) is 24.8. The lowest BCUT2D eigenvalue weighted by Gasteiger charge is -2.26. The molecule has 3 N–H and O–H groups in total. The summed E-state index contributed by atoms with van der Waals surface area (Å²) in [7, 11) is 0. The number of hydrogen-bond donors (Lipinski definition) is 3. The van der Waals surface area contributed by atoms with Crippen molar-refractivity contribution in [2.24, 2.45) is 4.99 Å². The van der Waals surface area contributed by atoms with Gasteiger partial charge in [-0.25, -0.2) is 0 Å². The van der Waals surface area contributed by atoms with Crippen LogP contribution in [0.15, 0.2) is 4.99 Å². The van der Waals surface area contributed by atoms with Gasteiger partial charge in [-0.05, 0) is 20.8 Å². The number of rotatable bonds is 0. The summed E-state index contributed by atoms with van der Waals surface area (Å²) in [6.07, 6.45) is 1.02. The molecule has 1 rings (SSSR count). The predicted molar refractivity (Wildman–Crippen MR) is 70.4 cm³/mol. The molecule has 0 aliphatic carbocycles. The summed E-state index contributed by atoms with van der Waals surface area (Å²) in [6.45, 7) is 12.6. The third-order valence-electron chi connectivity index (χ3n) is 2.75. The van der Waals surface area contributed by atoms with Gasteiger partial charge >= 0.3 is 0 Å². The highest BCUT2D eigenvalue weighted by atomic mass is 15.0. The molecule has 1 heterocycles. The zero-order valence-corrected chi connectivity index (χ0v) is 10.9. The Morgan fingerprint density at radius 3 is 2.38 bits per heavy atom. The first kappa shape index (κ1) is 13.6. The van der Waals surface area contributed by atoms with Gasteiger partial charge in [0.05, 0.1) is 6.54 Å². The van der Waals surface area contributed by atoms with E-state index in [0.29, 0.717) is 0 Å². The van der Waals surface area contributed by atoms with Crippen molar-refractivity contribution in [1.29, 1.82) is 0 Å². The van der Waals surface area contributed by atoms with Crippen LogP contribution in [-0.2, 0) is 0 Å². The predicted octanol–water partition coefficient (Wildman–Crippen LogP) is 0.398. The molecule has 1 aliphatic rings. The van der Waals surface area contributed by atoms with Gasteiger partial charge in [0.2, 0.25) is 0 Å². The maximum absolute atomic E-state index is 4.58. The Bertz CT molecular complexity index is 223. The molecule has 0 saturated heterocycles. The molecule has 16 heavy (non-hydrogen) atoms. The van der Waals surface area contributed by atoms with Crippen molar-refractivity contribution in [3.8, 4) is 0 Å². The molecule has 4 heteroatoms. The maximum Gasteiger partial charge on any atom is 0.0513 e. The standard InChI is InChI=1S/C12H26N4/c1-11-10-12(2,3)16-9-7-14-5-4-13-6-8-15-11/h13-14,16H,4-10H2,1-3H3. The van der Waals surface area contributed by atoms with Crippen LogP contribution in [0.5, 0.6) is 0 Å². The lowest BCUT2D eigenvalue weighted by molar-refractivity contribution is 0.399. The number of nitrogens with one attached hydrogen (secondary N) is 3. The summed E-state index contributed by atoms with van der Waals surface area (Å²) in [4.78, 5) is 4.58. The summed E-state index contributed by atoms with van der Waals surface area (Å²) in [6, 6.07) is 0. The van der Waals surface area contributed by atoms with Crippen LogP contribution in [0.2, 0.25) is 0 Å². The molecular weight excluding hydrogens is 200 g/mol. The Morgan fingerprint density at radius 1 is 1.00 bits per heavy atom. The first-order valence-electron chi connectivity index (χ1n) is 6.26. The monoisotopic (exact) mass is 226 g/mol. The van der Waals surface area contributed by atoms with E-state index in [1.165, 1.54) is 5.71 Å². The molecule has 0 fully saturated rings. The van der Waals surface area contributed by atoms with E-state index in [-0.39, 0.29) is 5.54 Å². The van der Waals surface area contributed by atoms with Crippen molar-refractivity contribution in [3.05, 3.63) is 0 Å². The molecule has 0 aromatic heterocycles. The van der Waals surface area contributed by atoms with Crippen LogP contribution < -0.4 is 16.0 Å².